The Kier molecular flexibility index (Phi) is 6.80. The van der Waals surface area contributed by atoms with E-state index in [1.54, 1.807) is 24.1 Å². The minimum absolute atomic E-state index is 0.108. The highest BCUT2D eigenvalue weighted by molar-refractivity contribution is 5.97. The van der Waals surface area contributed by atoms with Crippen LogP contribution in [0.1, 0.15) is 36.2 Å². The summed E-state index contributed by atoms with van der Waals surface area (Å²) < 4.78 is 0. The molecule has 1 fully saturated rings. The molecule has 136 valence electrons. The Hall–Kier alpha value is -2.57. The van der Waals surface area contributed by atoms with E-state index in [9.17, 15) is 9.59 Å². The second-order valence-corrected chi connectivity index (χ2v) is 6.15. The number of hydrogen-bond acceptors (Lipinski definition) is 3. The van der Waals surface area contributed by atoms with Crippen LogP contribution in [0.15, 0.2) is 29.3 Å². The summed E-state index contributed by atoms with van der Waals surface area (Å²) in [7, 11) is 1.74. The molecule has 1 heterocycles. The molecule has 1 aromatic rings. The van der Waals surface area contributed by atoms with Crippen LogP contribution in [-0.4, -0.2) is 55.4 Å². The smallest absolute Gasteiger partial charge is 0.254 e. The van der Waals surface area contributed by atoms with Crippen LogP contribution in [0.2, 0.25) is 0 Å². The molecule has 1 aliphatic heterocycles. The zero-order chi connectivity index (χ0) is 18.2. The van der Waals surface area contributed by atoms with Gasteiger partial charge in [0, 0.05) is 38.3 Å². The van der Waals surface area contributed by atoms with Crippen LogP contribution in [0.4, 0.5) is 0 Å². The van der Waals surface area contributed by atoms with E-state index in [2.05, 4.69) is 34.8 Å². The first-order valence-electron chi connectivity index (χ1n) is 8.65. The molecular weight excluding hydrogens is 318 g/mol. The lowest BCUT2D eigenvalue weighted by molar-refractivity contribution is -0.123. The largest absolute Gasteiger partial charge is 0.354 e. The van der Waals surface area contributed by atoms with Crippen LogP contribution in [0.3, 0.4) is 0 Å². The number of piperazine rings is 1. The number of carbonyl (C=O) groups excluding carboxylic acids is 2. The summed E-state index contributed by atoms with van der Waals surface area (Å²) in [5, 5.41) is 9.28. The van der Waals surface area contributed by atoms with E-state index in [0.717, 1.165) is 17.9 Å². The van der Waals surface area contributed by atoms with Gasteiger partial charge >= 0.3 is 0 Å². The van der Waals surface area contributed by atoms with Crippen molar-refractivity contribution in [2.75, 3.05) is 26.7 Å². The Labute approximate surface area is 148 Å². The highest BCUT2D eigenvalue weighted by atomic mass is 16.2. The van der Waals surface area contributed by atoms with E-state index >= 15 is 0 Å². The highest BCUT2D eigenvalue weighted by Gasteiger charge is 2.22. The molecule has 0 radical (unpaired) electrons. The van der Waals surface area contributed by atoms with Gasteiger partial charge in [-0.3, -0.25) is 14.6 Å². The number of benzene rings is 1. The van der Waals surface area contributed by atoms with Crippen molar-refractivity contribution in [1.29, 1.82) is 0 Å². The van der Waals surface area contributed by atoms with Gasteiger partial charge in [-0.05, 0) is 31.0 Å². The molecule has 0 saturated carbocycles. The van der Waals surface area contributed by atoms with Gasteiger partial charge in [0.2, 0.25) is 5.91 Å². The zero-order valence-corrected chi connectivity index (χ0v) is 15.1. The quantitative estimate of drug-likeness (QED) is 0.542. The number of nitrogens with one attached hydrogen (secondary N) is 3. The Balaban J connectivity index is 1.91. The number of nitrogens with zero attached hydrogens (tertiary/aromatic N) is 2. The second kappa shape index (κ2) is 9.05. The van der Waals surface area contributed by atoms with Gasteiger partial charge in [0.1, 0.15) is 0 Å². The lowest BCUT2D eigenvalue weighted by atomic mass is 10.1. The minimum atomic E-state index is -0.111. The van der Waals surface area contributed by atoms with Gasteiger partial charge in [-0.2, -0.15) is 0 Å². The van der Waals surface area contributed by atoms with Crippen LogP contribution in [-0.2, 0) is 11.3 Å². The molecule has 1 aliphatic rings. The standard InChI is InChI=1S/C18H27N5O2/c1-4-13(2)22-18(19-3)21-11-14-5-7-15(8-6-14)17(25)23-10-9-20-16(24)12-23/h5-8,13H,4,9-12H2,1-3H3,(H,20,24)(H2,19,21,22). The van der Waals surface area contributed by atoms with Crippen molar-refractivity contribution in [2.24, 2.45) is 4.99 Å². The summed E-state index contributed by atoms with van der Waals surface area (Å²) in [6.07, 6.45) is 1.02. The third kappa shape index (κ3) is 5.48. The van der Waals surface area contributed by atoms with Crippen molar-refractivity contribution >= 4 is 17.8 Å². The Bertz CT molecular complexity index is 627. The van der Waals surface area contributed by atoms with E-state index in [4.69, 9.17) is 0 Å². The second-order valence-electron chi connectivity index (χ2n) is 6.15. The van der Waals surface area contributed by atoms with E-state index in [-0.39, 0.29) is 18.4 Å². The van der Waals surface area contributed by atoms with Gasteiger partial charge in [0.15, 0.2) is 5.96 Å². The fraction of sp³-hybridized carbons (Fsp3) is 0.500. The highest BCUT2D eigenvalue weighted by Crippen LogP contribution is 2.09. The number of hydrogen-bond donors (Lipinski definition) is 3. The molecule has 7 heteroatoms. The molecule has 2 amide bonds. The fourth-order valence-corrected chi connectivity index (χ4v) is 2.48. The SMILES string of the molecule is CCC(C)NC(=NC)NCc1ccc(C(=O)N2CCNC(=O)C2)cc1. The van der Waals surface area contributed by atoms with Gasteiger partial charge in [0.25, 0.3) is 5.91 Å². The molecule has 2 rings (SSSR count). The van der Waals surface area contributed by atoms with Crippen LogP contribution >= 0.6 is 0 Å². The Morgan fingerprint density at radius 1 is 1.36 bits per heavy atom. The Morgan fingerprint density at radius 3 is 2.68 bits per heavy atom. The van der Waals surface area contributed by atoms with Crippen LogP contribution < -0.4 is 16.0 Å². The summed E-state index contributed by atoms with van der Waals surface area (Å²) in [4.78, 5) is 29.6. The van der Waals surface area contributed by atoms with Crippen molar-refractivity contribution in [2.45, 2.75) is 32.9 Å². The summed E-state index contributed by atoms with van der Waals surface area (Å²) >= 11 is 0. The lowest BCUT2D eigenvalue weighted by Crippen LogP contribution is -2.49. The zero-order valence-electron chi connectivity index (χ0n) is 15.1. The maximum Gasteiger partial charge on any atom is 0.254 e. The molecule has 25 heavy (non-hydrogen) atoms. The maximum atomic E-state index is 12.4. The predicted octanol–water partition coefficient (Wildman–Crippen LogP) is 0.722. The van der Waals surface area contributed by atoms with E-state index in [1.807, 2.05) is 12.1 Å². The molecule has 1 unspecified atom stereocenters. The molecule has 3 N–H and O–H groups in total. The Morgan fingerprint density at radius 2 is 2.08 bits per heavy atom. The third-order valence-corrected chi connectivity index (χ3v) is 4.21. The lowest BCUT2D eigenvalue weighted by Gasteiger charge is -2.26. The first-order chi connectivity index (χ1) is 12.0. The molecule has 1 aromatic carbocycles. The summed E-state index contributed by atoms with van der Waals surface area (Å²) in [5.41, 5.74) is 1.65. The van der Waals surface area contributed by atoms with Crippen LogP contribution in [0.5, 0.6) is 0 Å². The van der Waals surface area contributed by atoms with Gasteiger partial charge in [-0.15, -0.1) is 0 Å². The molecule has 7 nitrogen and oxygen atoms in total. The number of amides is 2. The van der Waals surface area contributed by atoms with Crippen molar-refractivity contribution < 1.29 is 9.59 Å². The minimum Gasteiger partial charge on any atom is -0.354 e. The van der Waals surface area contributed by atoms with Crippen LogP contribution in [0.25, 0.3) is 0 Å². The molecular formula is C18H27N5O2. The summed E-state index contributed by atoms with van der Waals surface area (Å²) in [6.45, 7) is 6.03. The van der Waals surface area contributed by atoms with E-state index < -0.39 is 0 Å². The fourth-order valence-electron chi connectivity index (χ4n) is 2.48. The van der Waals surface area contributed by atoms with Gasteiger partial charge in [0.05, 0.1) is 6.54 Å². The molecule has 0 aromatic heterocycles. The monoisotopic (exact) mass is 345 g/mol. The summed E-state index contributed by atoms with van der Waals surface area (Å²) in [5.74, 6) is 0.540. The van der Waals surface area contributed by atoms with Gasteiger partial charge in [-0.25, -0.2) is 0 Å². The van der Waals surface area contributed by atoms with E-state index in [1.165, 1.54) is 0 Å². The van der Waals surface area contributed by atoms with Crippen LogP contribution in [0, 0.1) is 0 Å². The number of rotatable bonds is 5. The molecule has 0 aliphatic carbocycles. The average Bonchev–Trinajstić information content (AvgIpc) is 2.64. The molecule has 1 saturated heterocycles. The predicted molar refractivity (Wildman–Crippen MR) is 98.4 cm³/mol. The number of aliphatic imine (C=N–C) groups is 1. The molecule has 0 spiro atoms. The average molecular weight is 345 g/mol. The van der Waals surface area contributed by atoms with Crippen molar-refractivity contribution in [3.63, 3.8) is 0 Å². The van der Waals surface area contributed by atoms with Gasteiger partial charge in [-0.1, -0.05) is 19.1 Å². The van der Waals surface area contributed by atoms with E-state index in [0.29, 0.717) is 31.2 Å². The van der Waals surface area contributed by atoms with Gasteiger partial charge < -0.3 is 20.9 Å². The summed E-state index contributed by atoms with van der Waals surface area (Å²) in [6, 6.07) is 7.79. The third-order valence-electron chi connectivity index (χ3n) is 4.21. The van der Waals surface area contributed by atoms with Crippen molar-refractivity contribution in [3.8, 4) is 0 Å². The van der Waals surface area contributed by atoms with Crippen molar-refractivity contribution in [1.82, 2.24) is 20.9 Å². The normalized spacial score (nSPS) is 16.2. The topological polar surface area (TPSA) is 85.8 Å². The maximum absolute atomic E-state index is 12.4. The molecule has 0 bridgehead atoms. The molecule has 1 atom stereocenters. The first kappa shape index (κ1) is 18.8. The number of carbonyl (C=O) groups is 2. The number of guanidine groups is 1. The van der Waals surface area contributed by atoms with Crippen molar-refractivity contribution in [3.05, 3.63) is 35.4 Å². The first-order valence-corrected chi connectivity index (χ1v) is 8.65.